The first-order valence-electron chi connectivity index (χ1n) is 13.7. The van der Waals surface area contributed by atoms with Gasteiger partial charge in [0.15, 0.2) is 11.6 Å². The van der Waals surface area contributed by atoms with Crippen LogP contribution in [0, 0.1) is 30.6 Å². The fraction of sp³-hybridized carbons (Fsp3) is 0.273. The zero-order valence-corrected chi connectivity index (χ0v) is 23.2. The molecule has 7 rings (SSSR count). The molecule has 1 saturated heterocycles. The highest BCUT2D eigenvalue weighted by Gasteiger charge is 2.57. The Kier molecular flexibility index (Phi) is 5.74. The van der Waals surface area contributed by atoms with Crippen LogP contribution in [-0.4, -0.2) is 28.5 Å². The number of allylic oxidation sites excluding steroid dienone is 7. The van der Waals surface area contributed by atoms with E-state index >= 15 is 0 Å². The highest BCUT2D eigenvalue weighted by atomic mass is 35.5. The zero-order chi connectivity index (χ0) is 28.7. The van der Waals surface area contributed by atoms with Crippen LogP contribution in [0.1, 0.15) is 30.9 Å². The molecule has 8 heteroatoms. The van der Waals surface area contributed by atoms with Crippen LogP contribution in [-0.2, 0) is 25.6 Å². The van der Waals surface area contributed by atoms with Gasteiger partial charge in [-0.15, -0.1) is 0 Å². The van der Waals surface area contributed by atoms with Crippen molar-refractivity contribution in [3.63, 3.8) is 0 Å². The number of aromatic hydroxyl groups is 1. The third kappa shape index (κ3) is 3.79. The van der Waals surface area contributed by atoms with E-state index in [1.807, 2.05) is 13.0 Å². The molecule has 0 spiro atoms. The van der Waals surface area contributed by atoms with E-state index in [0.717, 1.165) is 22.3 Å². The summed E-state index contributed by atoms with van der Waals surface area (Å²) in [6, 6.07) is 10.0. The molecule has 2 aliphatic heterocycles. The standard InChI is InChI=1S/C33H26ClNO6/c1-15-3-4-19(12-25(15)34)35-32(39)22-7-6-21-23(29(22)33(35)40)13-24-26(37)9-16(2)31(38)30(24)28(21)18-10-17-11-20(36)5-8-27(17)41-14-18/h3-6,8-9,11-12,14,22-23,28-29,36H,7,10,13H2,1-2H3/t22-,23+,28-,29-/m0/s1. The van der Waals surface area contributed by atoms with Gasteiger partial charge in [0.2, 0.25) is 11.8 Å². The molecule has 41 heavy (non-hydrogen) atoms. The van der Waals surface area contributed by atoms with Crippen LogP contribution in [0.15, 0.2) is 82.7 Å². The summed E-state index contributed by atoms with van der Waals surface area (Å²) < 4.78 is 5.94. The number of halogens is 1. The van der Waals surface area contributed by atoms with Crippen LogP contribution >= 0.6 is 11.6 Å². The molecule has 1 fully saturated rings. The Hall–Kier alpha value is -4.23. The smallest absolute Gasteiger partial charge is 0.238 e. The maximum Gasteiger partial charge on any atom is 0.238 e. The Labute approximate surface area is 241 Å². The number of hydrogen-bond acceptors (Lipinski definition) is 6. The van der Waals surface area contributed by atoms with Gasteiger partial charge in [0.05, 0.1) is 23.8 Å². The number of hydrogen-bond donors (Lipinski definition) is 1. The first-order valence-corrected chi connectivity index (χ1v) is 14.0. The Morgan fingerprint density at radius 3 is 2.59 bits per heavy atom. The lowest BCUT2D eigenvalue weighted by molar-refractivity contribution is -0.123. The second-order valence-electron chi connectivity index (χ2n) is 11.5. The normalized spacial score (nSPS) is 26.9. The van der Waals surface area contributed by atoms with Crippen molar-refractivity contribution in [1.29, 1.82) is 0 Å². The lowest BCUT2D eigenvalue weighted by Crippen LogP contribution is -2.41. The number of aryl methyl sites for hydroxylation is 1. The SMILES string of the molecule is CC1=CC(=O)C2=C(C1=O)[C@@H](C1=COc3ccc(O)cc3C1)C1=CC[C@@H]3C(=O)N(c4ccc(C)c(Cl)c4)C(=O)[C@@H]3[C@@H]1C2. The monoisotopic (exact) mass is 567 g/mol. The van der Waals surface area contributed by atoms with Gasteiger partial charge in [-0.1, -0.05) is 29.3 Å². The third-order valence-electron chi connectivity index (χ3n) is 9.13. The number of Topliss-reactive ketones (excluding diaryl/α,β-unsaturated/α-hetero) is 1. The average molecular weight is 568 g/mol. The summed E-state index contributed by atoms with van der Waals surface area (Å²) in [5.74, 6) is -2.57. The molecule has 2 aromatic carbocycles. The van der Waals surface area contributed by atoms with Crippen molar-refractivity contribution in [2.75, 3.05) is 4.90 Å². The molecule has 2 aromatic rings. The number of phenolic OH excluding ortho intramolecular Hbond substituents is 1. The molecule has 1 N–H and O–H groups in total. The summed E-state index contributed by atoms with van der Waals surface area (Å²) >= 11 is 6.35. The van der Waals surface area contributed by atoms with Gasteiger partial charge in [-0.2, -0.15) is 0 Å². The molecule has 0 bridgehead atoms. The highest BCUT2D eigenvalue weighted by molar-refractivity contribution is 6.32. The highest BCUT2D eigenvalue weighted by Crippen LogP contribution is 2.55. The molecule has 4 atom stereocenters. The molecule has 206 valence electrons. The second kappa shape index (κ2) is 9.14. The van der Waals surface area contributed by atoms with Crippen molar-refractivity contribution >= 4 is 40.7 Å². The van der Waals surface area contributed by atoms with E-state index in [9.17, 15) is 24.3 Å². The van der Waals surface area contributed by atoms with Crippen molar-refractivity contribution in [3.8, 4) is 11.5 Å². The van der Waals surface area contributed by atoms with Crippen LogP contribution in [0.5, 0.6) is 11.5 Å². The summed E-state index contributed by atoms with van der Waals surface area (Å²) in [7, 11) is 0. The third-order valence-corrected chi connectivity index (χ3v) is 9.53. The lowest BCUT2D eigenvalue weighted by Gasteiger charge is -2.43. The van der Waals surface area contributed by atoms with Gasteiger partial charge in [-0.05, 0) is 80.2 Å². The maximum absolute atomic E-state index is 14.0. The second-order valence-corrected chi connectivity index (χ2v) is 11.9. The van der Waals surface area contributed by atoms with Crippen molar-refractivity contribution in [2.45, 2.75) is 33.1 Å². The topological polar surface area (TPSA) is 101 Å². The Bertz CT molecular complexity index is 1740. The molecule has 0 radical (unpaired) electrons. The predicted molar refractivity (Wildman–Crippen MR) is 151 cm³/mol. The van der Waals surface area contributed by atoms with E-state index in [-0.39, 0.29) is 35.6 Å². The minimum absolute atomic E-state index is 0.101. The van der Waals surface area contributed by atoms with Gasteiger partial charge in [0, 0.05) is 39.6 Å². The number of nitrogens with zero attached hydrogens (tertiary/aromatic N) is 1. The number of ether oxygens (including phenoxy) is 1. The molecular formula is C33H26ClNO6. The molecule has 0 unspecified atom stereocenters. The summed E-state index contributed by atoms with van der Waals surface area (Å²) in [5.41, 5.74) is 4.85. The minimum Gasteiger partial charge on any atom is -0.508 e. The number of ketones is 2. The fourth-order valence-corrected chi connectivity index (χ4v) is 7.32. The van der Waals surface area contributed by atoms with Crippen molar-refractivity contribution in [3.05, 3.63) is 98.8 Å². The van der Waals surface area contributed by atoms with Gasteiger partial charge >= 0.3 is 0 Å². The zero-order valence-electron chi connectivity index (χ0n) is 22.4. The molecule has 7 nitrogen and oxygen atoms in total. The molecular weight excluding hydrogens is 542 g/mol. The number of benzene rings is 2. The van der Waals surface area contributed by atoms with E-state index in [1.54, 1.807) is 49.6 Å². The number of fused-ring (bicyclic) bond motifs is 4. The van der Waals surface area contributed by atoms with E-state index in [2.05, 4.69) is 0 Å². The maximum atomic E-state index is 14.0. The predicted octanol–water partition coefficient (Wildman–Crippen LogP) is 5.34. The van der Waals surface area contributed by atoms with Crippen LogP contribution in [0.2, 0.25) is 5.02 Å². The van der Waals surface area contributed by atoms with Gasteiger partial charge < -0.3 is 9.84 Å². The Balaban J connectivity index is 1.33. The van der Waals surface area contributed by atoms with Crippen LogP contribution < -0.4 is 9.64 Å². The van der Waals surface area contributed by atoms with Gasteiger partial charge in [-0.3, -0.25) is 19.2 Å². The molecule has 0 saturated carbocycles. The summed E-state index contributed by atoms with van der Waals surface area (Å²) in [5, 5.41) is 10.6. The van der Waals surface area contributed by atoms with Gasteiger partial charge in [0.25, 0.3) is 0 Å². The van der Waals surface area contributed by atoms with E-state index < -0.39 is 23.7 Å². The molecule has 3 aliphatic carbocycles. The van der Waals surface area contributed by atoms with Crippen LogP contribution in [0.25, 0.3) is 0 Å². The lowest BCUT2D eigenvalue weighted by atomic mass is 9.58. The first kappa shape index (κ1) is 25.7. The Morgan fingerprint density at radius 2 is 1.80 bits per heavy atom. The van der Waals surface area contributed by atoms with Gasteiger partial charge in [0.1, 0.15) is 11.5 Å². The number of rotatable bonds is 2. The fourth-order valence-electron chi connectivity index (χ4n) is 7.15. The first-order chi connectivity index (χ1) is 19.6. The van der Waals surface area contributed by atoms with E-state index in [4.69, 9.17) is 16.3 Å². The molecule has 5 aliphatic rings. The number of anilines is 1. The number of phenols is 1. The van der Waals surface area contributed by atoms with Crippen molar-refractivity contribution in [2.24, 2.45) is 23.7 Å². The number of imide groups is 1. The number of amides is 2. The summed E-state index contributed by atoms with van der Waals surface area (Å²) in [6.07, 6.45) is 5.93. The van der Waals surface area contributed by atoms with Crippen molar-refractivity contribution < 1.29 is 29.0 Å². The number of carbonyl (C=O) groups is 4. The summed E-state index contributed by atoms with van der Waals surface area (Å²) in [4.78, 5) is 55.9. The average Bonchev–Trinajstić information content (AvgIpc) is 3.21. The van der Waals surface area contributed by atoms with Crippen LogP contribution in [0.4, 0.5) is 5.69 Å². The molecule has 0 aromatic heterocycles. The van der Waals surface area contributed by atoms with Crippen molar-refractivity contribution in [1.82, 2.24) is 0 Å². The van der Waals surface area contributed by atoms with Gasteiger partial charge in [-0.25, -0.2) is 4.90 Å². The minimum atomic E-state index is -0.671. The Morgan fingerprint density at radius 1 is 1.00 bits per heavy atom. The quantitative estimate of drug-likeness (QED) is 0.299. The summed E-state index contributed by atoms with van der Waals surface area (Å²) in [6.45, 7) is 3.49. The molecule has 2 heterocycles. The number of carbonyl (C=O) groups excluding carboxylic acids is 4. The van der Waals surface area contributed by atoms with E-state index in [1.165, 1.54) is 11.0 Å². The molecule has 2 amide bonds. The van der Waals surface area contributed by atoms with Crippen LogP contribution in [0.3, 0.4) is 0 Å². The van der Waals surface area contributed by atoms with E-state index in [0.29, 0.717) is 46.0 Å². The largest absolute Gasteiger partial charge is 0.508 e.